The molecule has 0 unspecified atom stereocenters. The highest BCUT2D eigenvalue weighted by Crippen LogP contribution is 2.32. The monoisotopic (exact) mass is 385 g/mol. The highest BCUT2D eigenvalue weighted by atomic mass is 32.1. The zero-order valence-electron chi connectivity index (χ0n) is 15.2. The summed E-state index contributed by atoms with van der Waals surface area (Å²) in [5, 5.41) is 2.04. The van der Waals surface area contributed by atoms with E-state index in [1.807, 2.05) is 28.5 Å². The fraction of sp³-hybridized carbons (Fsp3) is 0.429. The first-order valence-corrected chi connectivity index (χ1v) is 10.3. The fourth-order valence-electron chi connectivity index (χ4n) is 3.67. The number of thiophene rings is 1. The van der Waals surface area contributed by atoms with Crippen molar-refractivity contribution < 1.29 is 19.1 Å². The van der Waals surface area contributed by atoms with Gasteiger partial charge in [0.1, 0.15) is 13.2 Å². The maximum absolute atomic E-state index is 12.8. The van der Waals surface area contributed by atoms with Gasteiger partial charge in [-0.05, 0) is 48.9 Å². The Balaban J connectivity index is 1.30. The molecule has 0 radical (unpaired) electrons. The van der Waals surface area contributed by atoms with Crippen molar-refractivity contribution >= 4 is 23.0 Å². The van der Waals surface area contributed by atoms with Crippen LogP contribution in [0.5, 0.6) is 11.5 Å². The summed E-state index contributed by atoms with van der Waals surface area (Å²) in [5.74, 6) is 1.64. The van der Waals surface area contributed by atoms with Crippen molar-refractivity contribution in [1.82, 2.24) is 4.90 Å². The Morgan fingerprint density at radius 1 is 1.07 bits per heavy atom. The first-order chi connectivity index (χ1) is 13.2. The van der Waals surface area contributed by atoms with Crippen molar-refractivity contribution in [3.05, 3.63) is 46.2 Å². The Morgan fingerprint density at radius 3 is 2.59 bits per heavy atom. The summed E-state index contributed by atoms with van der Waals surface area (Å²) in [6, 6.07) is 9.49. The van der Waals surface area contributed by atoms with Gasteiger partial charge in [0.25, 0.3) is 0 Å². The molecule has 1 amide bonds. The lowest BCUT2D eigenvalue weighted by atomic mass is 9.88. The van der Waals surface area contributed by atoms with E-state index in [-0.39, 0.29) is 17.6 Å². The Kier molecular flexibility index (Phi) is 5.43. The van der Waals surface area contributed by atoms with E-state index in [0.717, 1.165) is 19.3 Å². The maximum Gasteiger partial charge on any atom is 0.222 e. The smallest absolute Gasteiger partial charge is 0.222 e. The molecule has 1 fully saturated rings. The summed E-state index contributed by atoms with van der Waals surface area (Å²) >= 11 is 1.69. The second-order valence-electron chi connectivity index (χ2n) is 6.96. The third-order valence-electron chi connectivity index (χ3n) is 5.21. The molecule has 1 saturated heterocycles. The third-order valence-corrected chi connectivity index (χ3v) is 6.15. The van der Waals surface area contributed by atoms with Crippen molar-refractivity contribution in [3.8, 4) is 11.5 Å². The van der Waals surface area contributed by atoms with E-state index < -0.39 is 0 Å². The molecule has 4 rings (SSSR count). The number of nitrogens with zero attached hydrogens (tertiary/aromatic N) is 1. The predicted molar refractivity (Wildman–Crippen MR) is 104 cm³/mol. The molecule has 0 atom stereocenters. The number of rotatable bonds is 5. The van der Waals surface area contributed by atoms with Gasteiger partial charge in [0.05, 0.1) is 0 Å². The number of fused-ring (bicyclic) bond motifs is 1. The van der Waals surface area contributed by atoms with E-state index in [1.165, 1.54) is 4.88 Å². The van der Waals surface area contributed by atoms with Crippen LogP contribution < -0.4 is 9.47 Å². The minimum absolute atomic E-state index is 0.0334. The maximum atomic E-state index is 12.8. The number of ether oxygens (including phenoxy) is 2. The number of ketones is 1. The molecular formula is C21H23NO4S. The Hall–Kier alpha value is -2.34. The van der Waals surface area contributed by atoms with Crippen LogP contribution in [0.4, 0.5) is 0 Å². The molecule has 0 N–H and O–H groups in total. The van der Waals surface area contributed by atoms with Gasteiger partial charge in [0.2, 0.25) is 5.91 Å². The molecule has 0 aliphatic carbocycles. The number of amides is 1. The number of hydrogen-bond acceptors (Lipinski definition) is 5. The van der Waals surface area contributed by atoms with Gasteiger partial charge in [-0.25, -0.2) is 0 Å². The molecule has 0 spiro atoms. The molecule has 0 saturated carbocycles. The summed E-state index contributed by atoms with van der Waals surface area (Å²) in [6.07, 6.45) is 2.78. The summed E-state index contributed by atoms with van der Waals surface area (Å²) < 4.78 is 11.1. The minimum atomic E-state index is -0.0334. The van der Waals surface area contributed by atoms with Gasteiger partial charge in [0.15, 0.2) is 17.3 Å². The summed E-state index contributed by atoms with van der Waals surface area (Å²) in [5.41, 5.74) is 0.668. The number of hydrogen-bond donors (Lipinski definition) is 0. The van der Waals surface area contributed by atoms with Gasteiger partial charge in [-0.3, -0.25) is 9.59 Å². The number of likely N-dealkylation sites (tertiary alicyclic amines) is 1. The van der Waals surface area contributed by atoms with Gasteiger partial charge < -0.3 is 14.4 Å². The van der Waals surface area contributed by atoms with Crippen LogP contribution in [0, 0.1) is 5.92 Å². The molecule has 2 aliphatic heterocycles. The van der Waals surface area contributed by atoms with Gasteiger partial charge in [-0.2, -0.15) is 0 Å². The molecule has 1 aromatic heterocycles. The molecule has 6 heteroatoms. The van der Waals surface area contributed by atoms with E-state index in [9.17, 15) is 9.59 Å². The Labute approximate surface area is 162 Å². The van der Waals surface area contributed by atoms with Crippen molar-refractivity contribution in [3.63, 3.8) is 0 Å². The zero-order valence-corrected chi connectivity index (χ0v) is 16.0. The van der Waals surface area contributed by atoms with Gasteiger partial charge in [0, 0.05) is 35.9 Å². The van der Waals surface area contributed by atoms with E-state index >= 15 is 0 Å². The van der Waals surface area contributed by atoms with Crippen molar-refractivity contribution in [1.29, 1.82) is 0 Å². The van der Waals surface area contributed by atoms with Gasteiger partial charge in [-0.1, -0.05) is 6.07 Å². The number of benzene rings is 1. The third kappa shape index (κ3) is 4.16. The van der Waals surface area contributed by atoms with Crippen LogP contribution in [0.25, 0.3) is 0 Å². The zero-order chi connectivity index (χ0) is 18.6. The summed E-state index contributed by atoms with van der Waals surface area (Å²) in [6.45, 7) is 2.37. The van der Waals surface area contributed by atoms with Crippen LogP contribution in [0.2, 0.25) is 0 Å². The second-order valence-corrected chi connectivity index (χ2v) is 7.99. The molecule has 3 heterocycles. The number of piperidine rings is 1. The lowest BCUT2D eigenvalue weighted by Gasteiger charge is -2.31. The van der Waals surface area contributed by atoms with E-state index in [4.69, 9.17) is 9.47 Å². The molecule has 0 bridgehead atoms. The number of carbonyl (C=O) groups excluding carboxylic acids is 2. The second kappa shape index (κ2) is 8.13. The van der Waals surface area contributed by atoms with Crippen LogP contribution in [0.1, 0.15) is 34.5 Å². The molecular weight excluding hydrogens is 362 g/mol. The lowest BCUT2D eigenvalue weighted by molar-refractivity contribution is -0.132. The van der Waals surface area contributed by atoms with E-state index in [0.29, 0.717) is 49.8 Å². The molecule has 1 aromatic carbocycles. The van der Waals surface area contributed by atoms with E-state index in [1.54, 1.807) is 17.4 Å². The highest BCUT2D eigenvalue weighted by molar-refractivity contribution is 7.09. The van der Waals surface area contributed by atoms with Gasteiger partial charge in [-0.15, -0.1) is 11.3 Å². The van der Waals surface area contributed by atoms with Crippen LogP contribution >= 0.6 is 11.3 Å². The first kappa shape index (κ1) is 18.0. The predicted octanol–water partition coefficient (Wildman–Crippen LogP) is 3.57. The van der Waals surface area contributed by atoms with Crippen molar-refractivity contribution in [2.45, 2.75) is 25.7 Å². The molecule has 2 aromatic rings. The number of aryl methyl sites for hydroxylation is 1. The van der Waals surface area contributed by atoms with Crippen LogP contribution in [-0.4, -0.2) is 42.9 Å². The summed E-state index contributed by atoms with van der Waals surface area (Å²) in [4.78, 5) is 28.4. The average Bonchev–Trinajstić information content (AvgIpc) is 3.25. The standard InChI is InChI=1S/C21H23NO4S/c23-20(6-4-17-2-1-13-27-17)22-9-7-15(8-10-22)21(24)16-3-5-18-19(14-16)26-12-11-25-18/h1-3,5,13-15H,4,6-12H2. The van der Waals surface area contributed by atoms with E-state index in [2.05, 4.69) is 6.07 Å². The van der Waals surface area contributed by atoms with Crippen LogP contribution in [-0.2, 0) is 11.2 Å². The van der Waals surface area contributed by atoms with Crippen molar-refractivity contribution in [2.75, 3.05) is 26.3 Å². The lowest BCUT2D eigenvalue weighted by Crippen LogP contribution is -2.40. The highest BCUT2D eigenvalue weighted by Gasteiger charge is 2.28. The Bertz CT molecular complexity index is 810. The first-order valence-electron chi connectivity index (χ1n) is 9.45. The molecule has 2 aliphatic rings. The minimum Gasteiger partial charge on any atom is -0.486 e. The quantitative estimate of drug-likeness (QED) is 0.739. The number of Topliss-reactive ketones (excluding diaryl/α,β-unsaturated/α-hetero) is 1. The normalized spacial score (nSPS) is 17.0. The molecule has 5 nitrogen and oxygen atoms in total. The Morgan fingerprint density at radius 2 is 1.85 bits per heavy atom. The largest absolute Gasteiger partial charge is 0.486 e. The summed E-state index contributed by atoms with van der Waals surface area (Å²) in [7, 11) is 0. The SMILES string of the molecule is O=C(c1ccc2c(c1)OCCO2)C1CCN(C(=O)CCc2cccs2)CC1. The van der Waals surface area contributed by atoms with Crippen LogP contribution in [0.3, 0.4) is 0 Å². The van der Waals surface area contributed by atoms with Gasteiger partial charge >= 0.3 is 0 Å². The molecule has 142 valence electrons. The number of carbonyl (C=O) groups is 2. The topological polar surface area (TPSA) is 55.8 Å². The van der Waals surface area contributed by atoms with Crippen molar-refractivity contribution in [2.24, 2.45) is 5.92 Å². The van der Waals surface area contributed by atoms with Crippen LogP contribution in [0.15, 0.2) is 35.7 Å². The fourth-order valence-corrected chi connectivity index (χ4v) is 4.38. The molecule has 27 heavy (non-hydrogen) atoms. The average molecular weight is 385 g/mol.